The predicted molar refractivity (Wildman–Crippen MR) is 90.2 cm³/mol. The van der Waals surface area contributed by atoms with E-state index in [0.29, 0.717) is 6.61 Å². The molecule has 0 fully saturated rings. The second-order valence-electron chi connectivity index (χ2n) is 7.38. The summed E-state index contributed by atoms with van der Waals surface area (Å²) in [6.07, 6.45) is 2.93. The third-order valence-corrected chi connectivity index (χ3v) is 3.91. The molecule has 0 aliphatic heterocycles. The van der Waals surface area contributed by atoms with E-state index in [1.165, 1.54) is 5.56 Å². The smallest absolute Gasteiger partial charge is 0.119 e. The number of benzene rings is 1. The van der Waals surface area contributed by atoms with E-state index in [4.69, 9.17) is 15.9 Å². The molecule has 0 saturated carbocycles. The molecule has 118 valence electrons. The molecule has 0 radical (unpaired) electrons. The molecule has 0 aromatic heterocycles. The van der Waals surface area contributed by atoms with Crippen LogP contribution in [0.4, 0.5) is 0 Å². The number of ether oxygens (including phenoxy) is 1. The minimum Gasteiger partial charge on any atom is -0.494 e. The Morgan fingerprint density at radius 2 is 1.62 bits per heavy atom. The lowest BCUT2D eigenvalue weighted by atomic mass is 9.86. The molecule has 0 atom stereocenters. The number of unbranched alkanes of at least 4 members (excludes halogenated alkanes) is 1. The maximum absolute atomic E-state index is 7.53. The largest absolute Gasteiger partial charge is 0.494 e. The Kier molecular flexibility index (Phi) is 5.82. The molecule has 3 nitrogen and oxygen atoms in total. The first-order valence-corrected chi connectivity index (χ1v) is 7.71. The molecule has 0 unspecified atom stereocenters. The Hall–Kier alpha value is -1.51. The maximum Gasteiger partial charge on any atom is 0.119 e. The molecule has 0 bridgehead atoms. The molecule has 1 rings (SSSR count). The molecule has 0 saturated heterocycles. The van der Waals surface area contributed by atoms with Crippen LogP contribution in [0.15, 0.2) is 24.3 Å². The van der Waals surface area contributed by atoms with Gasteiger partial charge < -0.3 is 10.5 Å². The van der Waals surface area contributed by atoms with Gasteiger partial charge in [0.1, 0.15) is 5.75 Å². The summed E-state index contributed by atoms with van der Waals surface area (Å²) < 4.78 is 5.76. The van der Waals surface area contributed by atoms with Gasteiger partial charge in [-0.2, -0.15) is 0 Å². The Balaban J connectivity index is 2.32. The van der Waals surface area contributed by atoms with Crippen molar-refractivity contribution < 1.29 is 4.74 Å². The summed E-state index contributed by atoms with van der Waals surface area (Å²) in [6.45, 7) is 11.4. The Bertz CT molecular complexity index is 455. The molecule has 0 aliphatic rings. The van der Waals surface area contributed by atoms with Crippen LogP contribution in [0.5, 0.6) is 5.75 Å². The van der Waals surface area contributed by atoms with Crippen molar-refractivity contribution in [2.45, 2.75) is 59.3 Å². The summed E-state index contributed by atoms with van der Waals surface area (Å²) in [5.74, 6) is 1.19. The van der Waals surface area contributed by atoms with Gasteiger partial charge in [-0.3, -0.25) is 5.41 Å². The third kappa shape index (κ3) is 5.78. The van der Waals surface area contributed by atoms with Gasteiger partial charge in [-0.25, -0.2) is 0 Å². The lowest BCUT2D eigenvalue weighted by Gasteiger charge is -2.22. The Morgan fingerprint density at radius 3 is 2.10 bits per heavy atom. The molecule has 0 aliphatic carbocycles. The second-order valence-corrected chi connectivity index (χ2v) is 7.38. The van der Waals surface area contributed by atoms with Gasteiger partial charge in [-0.15, -0.1) is 0 Å². The number of hydrogen-bond acceptors (Lipinski definition) is 2. The first-order valence-electron chi connectivity index (χ1n) is 7.71. The zero-order valence-electron chi connectivity index (χ0n) is 14.1. The lowest BCUT2D eigenvalue weighted by Crippen LogP contribution is -2.30. The van der Waals surface area contributed by atoms with Crippen LogP contribution in [0.25, 0.3) is 0 Å². The maximum atomic E-state index is 7.53. The highest BCUT2D eigenvalue weighted by Crippen LogP contribution is 2.25. The van der Waals surface area contributed by atoms with Crippen LogP contribution >= 0.6 is 0 Å². The fourth-order valence-electron chi connectivity index (χ4n) is 2.04. The van der Waals surface area contributed by atoms with Crippen molar-refractivity contribution in [2.75, 3.05) is 6.61 Å². The SMILES string of the molecule is CC(C)(CCCCOc1ccc(C(C)(C)C)cc1)C(=N)N. The molecule has 0 spiro atoms. The second kappa shape index (κ2) is 6.97. The van der Waals surface area contributed by atoms with E-state index in [2.05, 4.69) is 32.9 Å². The summed E-state index contributed by atoms with van der Waals surface area (Å²) in [6, 6.07) is 8.35. The fraction of sp³-hybridized carbons (Fsp3) is 0.611. The summed E-state index contributed by atoms with van der Waals surface area (Å²) in [7, 11) is 0. The first-order chi connectivity index (χ1) is 9.63. The van der Waals surface area contributed by atoms with E-state index in [9.17, 15) is 0 Å². The average Bonchev–Trinajstić information content (AvgIpc) is 2.37. The Labute approximate surface area is 129 Å². The zero-order chi connectivity index (χ0) is 16.1. The van der Waals surface area contributed by atoms with Crippen LogP contribution in [-0.4, -0.2) is 12.4 Å². The van der Waals surface area contributed by atoms with Gasteiger partial charge in [-0.05, 0) is 42.4 Å². The molecule has 0 heterocycles. The standard InChI is InChI=1S/C18H30N2O/c1-17(2,3)14-8-10-15(11-9-14)21-13-7-6-12-18(4,5)16(19)20/h8-11H,6-7,12-13H2,1-5H3,(H3,19,20). The van der Waals surface area contributed by atoms with Crippen molar-refractivity contribution in [1.82, 2.24) is 0 Å². The summed E-state index contributed by atoms with van der Waals surface area (Å²) in [4.78, 5) is 0. The molecular formula is C18H30N2O. The van der Waals surface area contributed by atoms with E-state index in [0.717, 1.165) is 25.0 Å². The van der Waals surface area contributed by atoms with E-state index >= 15 is 0 Å². The van der Waals surface area contributed by atoms with Gasteiger partial charge in [-0.1, -0.05) is 46.8 Å². The quantitative estimate of drug-likeness (QED) is 0.441. The number of nitrogens with one attached hydrogen (secondary N) is 1. The predicted octanol–water partition coefficient (Wildman–Crippen LogP) is 4.50. The van der Waals surface area contributed by atoms with Crippen molar-refractivity contribution >= 4 is 5.84 Å². The van der Waals surface area contributed by atoms with E-state index < -0.39 is 0 Å². The summed E-state index contributed by atoms with van der Waals surface area (Å²) >= 11 is 0. The molecule has 0 amide bonds. The van der Waals surface area contributed by atoms with Crippen LogP contribution in [0.1, 0.15) is 59.4 Å². The van der Waals surface area contributed by atoms with Crippen LogP contribution in [0, 0.1) is 10.8 Å². The number of nitrogens with two attached hydrogens (primary N) is 1. The minimum absolute atomic E-state index is 0.177. The van der Waals surface area contributed by atoms with E-state index in [-0.39, 0.29) is 16.7 Å². The van der Waals surface area contributed by atoms with Crippen LogP contribution in [-0.2, 0) is 5.41 Å². The highest BCUT2D eigenvalue weighted by molar-refractivity contribution is 5.82. The Morgan fingerprint density at radius 1 is 1.05 bits per heavy atom. The van der Waals surface area contributed by atoms with Gasteiger partial charge in [0.25, 0.3) is 0 Å². The molecule has 1 aromatic carbocycles. The number of hydrogen-bond donors (Lipinski definition) is 2. The van der Waals surface area contributed by atoms with Gasteiger partial charge in [0, 0.05) is 5.41 Å². The molecule has 21 heavy (non-hydrogen) atoms. The summed E-state index contributed by atoms with van der Waals surface area (Å²) in [5, 5.41) is 7.53. The fourth-order valence-corrected chi connectivity index (χ4v) is 2.04. The highest BCUT2D eigenvalue weighted by Gasteiger charge is 2.20. The molecule has 1 aromatic rings. The lowest BCUT2D eigenvalue weighted by molar-refractivity contribution is 0.296. The molecule has 3 N–H and O–H groups in total. The normalized spacial score (nSPS) is 12.2. The van der Waals surface area contributed by atoms with Gasteiger partial charge in [0.2, 0.25) is 0 Å². The number of amidine groups is 1. The van der Waals surface area contributed by atoms with E-state index in [1.807, 2.05) is 26.0 Å². The minimum atomic E-state index is -0.200. The average molecular weight is 290 g/mol. The van der Waals surface area contributed by atoms with Crippen molar-refractivity contribution in [3.8, 4) is 5.75 Å². The van der Waals surface area contributed by atoms with Crippen molar-refractivity contribution in [1.29, 1.82) is 5.41 Å². The monoisotopic (exact) mass is 290 g/mol. The van der Waals surface area contributed by atoms with Crippen molar-refractivity contribution in [3.63, 3.8) is 0 Å². The highest BCUT2D eigenvalue weighted by atomic mass is 16.5. The molecular weight excluding hydrogens is 260 g/mol. The van der Waals surface area contributed by atoms with Crippen LogP contribution in [0.3, 0.4) is 0 Å². The topological polar surface area (TPSA) is 59.1 Å². The zero-order valence-corrected chi connectivity index (χ0v) is 14.1. The van der Waals surface area contributed by atoms with Gasteiger partial charge in [0.15, 0.2) is 0 Å². The van der Waals surface area contributed by atoms with Gasteiger partial charge in [0.05, 0.1) is 12.4 Å². The first kappa shape index (κ1) is 17.5. The van der Waals surface area contributed by atoms with Crippen LogP contribution in [0.2, 0.25) is 0 Å². The van der Waals surface area contributed by atoms with Crippen LogP contribution < -0.4 is 10.5 Å². The molecule has 3 heteroatoms. The van der Waals surface area contributed by atoms with Crippen molar-refractivity contribution in [3.05, 3.63) is 29.8 Å². The van der Waals surface area contributed by atoms with E-state index in [1.54, 1.807) is 0 Å². The summed E-state index contributed by atoms with van der Waals surface area (Å²) in [5.41, 5.74) is 6.87. The number of rotatable bonds is 7. The third-order valence-electron chi connectivity index (χ3n) is 3.91. The van der Waals surface area contributed by atoms with Crippen molar-refractivity contribution in [2.24, 2.45) is 11.1 Å². The van der Waals surface area contributed by atoms with Gasteiger partial charge >= 0.3 is 0 Å².